The van der Waals surface area contributed by atoms with Crippen molar-refractivity contribution in [3.05, 3.63) is 70.4 Å². The monoisotopic (exact) mass is 350 g/mol. The van der Waals surface area contributed by atoms with Crippen molar-refractivity contribution >= 4 is 33.4 Å². The number of benzene rings is 2. The van der Waals surface area contributed by atoms with E-state index in [2.05, 4.69) is 15.4 Å². The van der Waals surface area contributed by atoms with Gasteiger partial charge in [-0.2, -0.15) is 0 Å². The molecule has 4 aromatic rings. The van der Waals surface area contributed by atoms with E-state index in [1.165, 1.54) is 23.0 Å². The highest BCUT2D eigenvalue weighted by molar-refractivity contribution is 6.02. The number of anilines is 1. The number of hydrogen-bond acceptors (Lipinski definition) is 3. The summed E-state index contributed by atoms with van der Waals surface area (Å²) in [5.74, 6) is -0.759. The van der Waals surface area contributed by atoms with Gasteiger partial charge >= 0.3 is 0 Å². The molecule has 0 atom stereocenters. The zero-order valence-corrected chi connectivity index (χ0v) is 13.9. The summed E-state index contributed by atoms with van der Waals surface area (Å²) in [6.45, 7) is 1.74. The summed E-state index contributed by atoms with van der Waals surface area (Å²) in [6, 6.07) is 11.6. The van der Waals surface area contributed by atoms with Gasteiger partial charge < -0.3 is 5.32 Å². The van der Waals surface area contributed by atoms with Gasteiger partial charge in [-0.3, -0.25) is 19.7 Å². The number of halogens is 1. The fourth-order valence-electron chi connectivity index (χ4n) is 2.96. The molecule has 0 fully saturated rings. The molecule has 0 aliphatic heterocycles. The number of hydrogen-bond donors (Lipinski definition) is 2. The van der Waals surface area contributed by atoms with E-state index in [4.69, 9.17) is 0 Å². The molecule has 0 saturated heterocycles. The van der Waals surface area contributed by atoms with Crippen LogP contribution in [0.4, 0.5) is 10.1 Å². The molecule has 6 nitrogen and oxygen atoms in total. The van der Waals surface area contributed by atoms with E-state index in [1.807, 2.05) is 25.1 Å². The lowest BCUT2D eigenvalue weighted by molar-refractivity contribution is -0.116. The second-order valence-corrected chi connectivity index (χ2v) is 6.13. The van der Waals surface area contributed by atoms with Crippen LogP contribution in [0.25, 0.3) is 21.8 Å². The Balaban J connectivity index is 1.69. The van der Waals surface area contributed by atoms with Crippen LogP contribution in [0.15, 0.2) is 53.5 Å². The molecular formula is C19H15FN4O2. The van der Waals surface area contributed by atoms with Crippen molar-refractivity contribution in [2.45, 2.75) is 13.5 Å². The number of carbonyl (C=O) groups excluding carboxylic acids is 1. The van der Waals surface area contributed by atoms with Crippen molar-refractivity contribution in [2.75, 3.05) is 5.32 Å². The Morgan fingerprint density at radius 3 is 2.88 bits per heavy atom. The van der Waals surface area contributed by atoms with Gasteiger partial charge in [-0.15, -0.1) is 0 Å². The van der Waals surface area contributed by atoms with E-state index in [0.29, 0.717) is 27.5 Å². The molecule has 130 valence electrons. The fourth-order valence-corrected chi connectivity index (χ4v) is 2.96. The predicted octanol–water partition coefficient (Wildman–Crippen LogP) is 2.96. The number of nitrogens with one attached hydrogen (secondary N) is 2. The molecule has 2 heterocycles. The minimum Gasteiger partial charge on any atom is -0.324 e. The van der Waals surface area contributed by atoms with E-state index in [-0.39, 0.29) is 18.0 Å². The van der Waals surface area contributed by atoms with Gasteiger partial charge in [0.15, 0.2) is 0 Å². The van der Waals surface area contributed by atoms with Crippen LogP contribution in [0, 0.1) is 12.7 Å². The average Bonchev–Trinajstić information content (AvgIpc) is 2.91. The van der Waals surface area contributed by atoms with Crippen molar-refractivity contribution < 1.29 is 9.18 Å². The first-order chi connectivity index (χ1) is 12.5. The van der Waals surface area contributed by atoms with Crippen LogP contribution in [0.3, 0.4) is 0 Å². The highest BCUT2D eigenvalue weighted by Crippen LogP contribution is 2.20. The highest BCUT2D eigenvalue weighted by atomic mass is 19.1. The van der Waals surface area contributed by atoms with Gasteiger partial charge in [-0.25, -0.2) is 9.07 Å². The summed E-state index contributed by atoms with van der Waals surface area (Å²) in [5.41, 5.74) is 2.33. The molecule has 7 heteroatoms. The molecular weight excluding hydrogens is 335 g/mol. The van der Waals surface area contributed by atoms with E-state index < -0.39 is 5.82 Å². The maximum Gasteiger partial charge on any atom is 0.276 e. The molecule has 4 rings (SSSR count). The van der Waals surface area contributed by atoms with Gasteiger partial charge in [-0.1, -0.05) is 12.1 Å². The lowest BCUT2D eigenvalue weighted by Crippen LogP contribution is -2.26. The van der Waals surface area contributed by atoms with Crippen LogP contribution in [-0.2, 0) is 11.3 Å². The van der Waals surface area contributed by atoms with Crippen LogP contribution in [0.1, 0.15) is 5.56 Å². The molecule has 1 amide bonds. The molecule has 0 bridgehead atoms. The van der Waals surface area contributed by atoms with Gasteiger partial charge in [0.1, 0.15) is 12.4 Å². The third-order valence-corrected chi connectivity index (χ3v) is 4.16. The number of nitrogens with zero attached hydrogens (tertiary/aromatic N) is 2. The lowest BCUT2D eigenvalue weighted by Gasteiger charge is -2.06. The molecule has 26 heavy (non-hydrogen) atoms. The Morgan fingerprint density at radius 1 is 1.23 bits per heavy atom. The summed E-state index contributed by atoms with van der Waals surface area (Å²) in [7, 11) is 0. The van der Waals surface area contributed by atoms with E-state index in [9.17, 15) is 14.0 Å². The number of H-pyrrole nitrogens is 1. The number of aromatic nitrogens is 3. The van der Waals surface area contributed by atoms with E-state index >= 15 is 0 Å². The summed E-state index contributed by atoms with van der Waals surface area (Å²) in [4.78, 5) is 29.0. The lowest BCUT2D eigenvalue weighted by atomic mass is 10.2. The molecule has 0 spiro atoms. The van der Waals surface area contributed by atoms with Crippen molar-refractivity contribution in [3.8, 4) is 0 Å². The molecule has 0 radical (unpaired) electrons. The molecule has 0 unspecified atom stereocenters. The minimum atomic E-state index is -0.419. The van der Waals surface area contributed by atoms with Crippen molar-refractivity contribution in [1.29, 1.82) is 0 Å². The highest BCUT2D eigenvalue weighted by Gasteiger charge is 2.13. The Kier molecular flexibility index (Phi) is 3.76. The molecule has 2 aromatic carbocycles. The Morgan fingerprint density at radius 2 is 2.08 bits per heavy atom. The number of carbonyl (C=O) groups is 1. The third kappa shape index (κ3) is 2.83. The topological polar surface area (TPSA) is 79.8 Å². The van der Waals surface area contributed by atoms with Crippen LogP contribution >= 0.6 is 0 Å². The van der Waals surface area contributed by atoms with Crippen molar-refractivity contribution in [3.63, 3.8) is 0 Å². The number of aryl methyl sites for hydroxylation is 1. The normalized spacial score (nSPS) is 11.2. The summed E-state index contributed by atoms with van der Waals surface area (Å²) < 4.78 is 14.8. The first-order valence-corrected chi connectivity index (χ1v) is 8.04. The number of aromatic amines is 1. The second-order valence-electron chi connectivity index (χ2n) is 6.13. The third-order valence-electron chi connectivity index (χ3n) is 4.16. The fraction of sp³-hybridized carbons (Fsp3) is 0.105. The zero-order chi connectivity index (χ0) is 18.3. The maximum atomic E-state index is 13.6. The van der Waals surface area contributed by atoms with Gasteiger partial charge in [0.05, 0.1) is 16.4 Å². The SMILES string of the molecule is Cc1cccc(NC(=O)Cn2[nH]c3c(cnc4ccc(F)cc43)c2=O)c1. The van der Waals surface area contributed by atoms with E-state index in [1.54, 1.807) is 12.1 Å². The van der Waals surface area contributed by atoms with Crippen molar-refractivity contribution in [2.24, 2.45) is 0 Å². The second kappa shape index (κ2) is 6.11. The summed E-state index contributed by atoms with van der Waals surface area (Å²) in [5, 5.41) is 6.46. The van der Waals surface area contributed by atoms with Crippen LogP contribution in [-0.4, -0.2) is 20.7 Å². The average molecular weight is 350 g/mol. The molecule has 0 aliphatic rings. The standard InChI is InChI=1S/C19H15FN4O2/c1-11-3-2-4-13(7-11)22-17(25)10-24-19(26)15-9-21-16-6-5-12(20)8-14(16)18(15)23-24/h2-9,23H,10H2,1H3,(H,22,25). The minimum absolute atomic E-state index is 0.182. The summed E-state index contributed by atoms with van der Waals surface area (Å²) >= 11 is 0. The van der Waals surface area contributed by atoms with Gasteiger partial charge in [-0.05, 0) is 42.8 Å². The quantitative estimate of drug-likeness (QED) is 0.596. The zero-order valence-electron chi connectivity index (χ0n) is 13.9. The Labute approximate surface area is 147 Å². The Hall–Kier alpha value is -3.48. The largest absolute Gasteiger partial charge is 0.324 e. The smallest absolute Gasteiger partial charge is 0.276 e. The predicted molar refractivity (Wildman–Crippen MR) is 97.6 cm³/mol. The van der Waals surface area contributed by atoms with Crippen LogP contribution in [0.2, 0.25) is 0 Å². The van der Waals surface area contributed by atoms with Crippen molar-refractivity contribution in [1.82, 2.24) is 14.8 Å². The van der Waals surface area contributed by atoms with Gasteiger partial charge in [0, 0.05) is 17.3 Å². The maximum absolute atomic E-state index is 13.6. The number of pyridine rings is 1. The van der Waals surface area contributed by atoms with Crippen LogP contribution < -0.4 is 10.9 Å². The first-order valence-electron chi connectivity index (χ1n) is 8.04. The van der Waals surface area contributed by atoms with Crippen LogP contribution in [0.5, 0.6) is 0 Å². The number of fused-ring (bicyclic) bond motifs is 3. The van der Waals surface area contributed by atoms with E-state index in [0.717, 1.165) is 5.56 Å². The molecule has 2 N–H and O–H groups in total. The van der Waals surface area contributed by atoms with Gasteiger partial charge in [0.25, 0.3) is 5.56 Å². The molecule has 2 aromatic heterocycles. The summed E-state index contributed by atoms with van der Waals surface area (Å²) in [6.07, 6.45) is 1.43. The van der Waals surface area contributed by atoms with Gasteiger partial charge in [0.2, 0.25) is 5.91 Å². The molecule has 0 saturated carbocycles. The number of amides is 1. The number of rotatable bonds is 3. The molecule has 0 aliphatic carbocycles. The Bertz CT molecular complexity index is 1210. The first kappa shape index (κ1) is 16.0.